The van der Waals surface area contributed by atoms with Crippen LogP contribution in [0.2, 0.25) is 0 Å². The number of amides is 2. The average molecular weight is 621 g/mol. The molecule has 2 aliphatic heterocycles. The third-order valence-corrected chi connectivity index (χ3v) is 9.74. The maximum absolute atomic E-state index is 14.4. The lowest BCUT2D eigenvalue weighted by atomic mass is 9.90. The van der Waals surface area contributed by atoms with Gasteiger partial charge in [0.05, 0.1) is 35.5 Å². The van der Waals surface area contributed by atoms with Crippen molar-refractivity contribution in [3.05, 3.63) is 77.4 Å². The minimum absolute atomic E-state index is 0.0283. The molecule has 2 fully saturated rings. The summed E-state index contributed by atoms with van der Waals surface area (Å²) >= 11 is 1.56. The Morgan fingerprint density at radius 3 is 2.00 bits per heavy atom. The Balaban J connectivity index is 1.44. The first-order chi connectivity index (χ1) is 21.4. The SMILES string of the molecule is COc1ccc(C2SCC(C(=O)N3CCC(Cc4ccccc4)CC3)N2C(=O)c2cc(OC)c(OC)c(OC)c2)cc1OC. The summed E-state index contributed by atoms with van der Waals surface area (Å²) in [7, 11) is 7.70. The van der Waals surface area contributed by atoms with Crippen LogP contribution in [0.4, 0.5) is 0 Å². The van der Waals surface area contributed by atoms with E-state index < -0.39 is 11.4 Å². The molecule has 0 saturated carbocycles. The van der Waals surface area contributed by atoms with Gasteiger partial charge in [-0.15, -0.1) is 11.8 Å². The van der Waals surface area contributed by atoms with Gasteiger partial charge in [-0.25, -0.2) is 0 Å². The normalized spacial score (nSPS) is 18.6. The van der Waals surface area contributed by atoms with E-state index in [4.69, 9.17) is 23.7 Å². The van der Waals surface area contributed by atoms with Crippen LogP contribution in [-0.4, -0.2) is 82.0 Å². The maximum atomic E-state index is 14.4. The molecule has 0 spiro atoms. The summed E-state index contributed by atoms with van der Waals surface area (Å²) in [6.45, 7) is 1.34. The first-order valence-electron chi connectivity index (χ1n) is 14.7. The molecule has 10 heteroatoms. The van der Waals surface area contributed by atoms with Crippen LogP contribution in [0.3, 0.4) is 0 Å². The summed E-state index contributed by atoms with van der Waals surface area (Å²) in [5, 5.41) is -0.425. The van der Waals surface area contributed by atoms with E-state index in [9.17, 15) is 9.59 Å². The third kappa shape index (κ3) is 6.40. The van der Waals surface area contributed by atoms with Crippen LogP contribution in [0, 0.1) is 5.92 Å². The van der Waals surface area contributed by atoms with Crippen LogP contribution in [0.5, 0.6) is 28.7 Å². The number of benzene rings is 3. The lowest BCUT2D eigenvalue weighted by molar-refractivity contribution is -0.136. The largest absolute Gasteiger partial charge is 0.493 e. The van der Waals surface area contributed by atoms with E-state index in [1.165, 1.54) is 26.9 Å². The van der Waals surface area contributed by atoms with Gasteiger partial charge in [0.2, 0.25) is 11.7 Å². The number of ether oxygens (including phenoxy) is 5. The summed E-state index contributed by atoms with van der Waals surface area (Å²) < 4.78 is 27.6. The highest BCUT2D eigenvalue weighted by Crippen LogP contribution is 2.46. The predicted molar refractivity (Wildman–Crippen MR) is 170 cm³/mol. The molecule has 2 saturated heterocycles. The number of piperidine rings is 1. The van der Waals surface area contributed by atoms with Crippen molar-refractivity contribution in [2.45, 2.75) is 30.7 Å². The van der Waals surface area contributed by atoms with Crippen molar-refractivity contribution in [3.63, 3.8) is 0 Å². The van der Waals surface area contributed by atoms with Crippen molar-refractivity contribution >= 4 is 23.6 Å². The number of thioether (sulfide) groups is 1. The van der Waals surface area contributed by atoms with E-state index in [0.717, 1.165) is 24.8 Å². The summed E-state index contributed by atoms with van der Waals surface area (Å²) in [6, 6.07) is 18.7. The highest BCUT2D eigenvalue weighted by molar-refractivity contribution is 7.99. The highest BCUT2D eigenvalue weighted by Gasteiger charge is 2.45. The Morgan fingerprint density at radius 1 is 0.773 bits per heavy atom. The number of carbonyl (C=O) groups is 2. The Hall–Kier alpha value is -4.05. The zero-order valence-electron chi connectivity index (χ0n) is 25.9. The standard InChI is InChI=1S/C34H40N2O7S/c1-39-27-12-11-24(18-28(27)40-2)34-36(32(37)25-19-29(41-3)31(43-5)30(20-25)42-4)26(21-44-34)33(38)35-15-13-23(14-16-35)17-22-9-7-6-8-10-22/h6-12,18-20,23,26,34H,13-17,21H2,1-5H3. The number of carbonyl (C=O) groups excluding carboxylic acids is 2. The zero-order chi connectivity index (χ0) is 31.2. The summed E-state index contributed by atoms with van der Waals surface area (Å²) in [4.78, 5) is 32.2. The second kappa shape index (κ2) is 14.2. The second-order valence-electron chi connectivity index (χ2n) is 10.9. The zero-order valence-corrected chi connectivity index (χ0v) is 26.7. The van der Waals surface area contributed by atoms with Gasteiger partial charge in [-0.3, -0.25) is 9.59 Å². The van der Waals surface area contributed by atoms with Gasteiger partial charge in [0.1, 0.15) is 11.4 Å². The van der Waals surface area contributed by atoms with Crippen molar-refractivity contribution in [1.82, 2.24) is 9.80 Å². The quantitative estimate of drug-likeness (QED) is 0.295. The molecule has 3 aromatic carbocycles. The van der Waals surface area contributed by atoms with Gasteiger partial charge in [-0.1, -0.05) is 36.4 Å². The fraction of sp³-hybridized carbons (Fsp3) is 0.412. The number of nitrogens with zero attached hydrogens (tertiary/aromatic N) is 2. The van der Waals surface area contributed by atoms with E-state index in [1.54, 1.807) is 43.0 Å². The number of hydrogen-bond donors (Lipinski definition) is 0. The average Bonchev–Trinajstić information content (AvgIpc) is 3.52. The van der Waals surface area contributed by atoms with Gasteiger partial charge in [0.25, 0.3) is 5.91 Å². The molecule has 44 heavy (non-hydrogen) atoms. The first kappa shape index (κ1) is 31.4. The van der Waals surface area contributed by atoms with Crippen molar-refractivity contribution in [1.29, 1.82) is 0 Å². The van der Waals surface area contributed by atoms with Crippen molar-refractivity contribution in [2.75, 3.05) is 54.4 Å². The van der Waals surface area contributed by atoms with Gasteiger partial charge in [-0.05, 0) is 60.6 Å². The Labute approximate surface area is 263 Å². The molecule has 2 aliphatic rings. The molecule has 0 bridgehead atoms. The van der Waals surface area contributed by atoms with Crippen LogP contribution in [0.25, 0.3) is 0 Å². The molecule has 0 N–H and O–H groups in total. The monoisotopic (exact) mass is 620 g/mol. The van der Waals surface area contributed by atoms with Crippen LogP contribution < -0.4 is 23.7 Å². The second-order valence-corrected chi connectivity index (χ2v) is 12.0. The van der Waals surface area contributed by atoms with Crippen LogP contribution in [0.1, 0.15) is 39.7 Å². The molecule has 9 nitrogen and oxygen atoms in total. The number of hydrogen-bond acceptors (Lipinski definition) is 8. The van der Waals surface area contributed by atoms with Crippen LogP contribution >= 0.6 is 11.8 Å². The molecule has 0 aliphatic carbocycles. The van der Waals surface area contributed by atoms with Crippen molar-refractivity contribution in [2.24, 2.45) is 5.92 Å². The van der Waals surface area contributed by atoms with Gasteiger partial charge in [0, 0.05) is 24.4 Å². The molecule has 2 atom stereocenters. The van der Waals surface area contributed by atoms with Gasteiger partial charge in [0.15, 0.2) is 23.0 Å². The van der Waals surface area contributed by atoms with Crippen molar-refractivity contribution < 1.29 is 33.3 Å². The topological polar surface area (TPSA) is 86.8 Å². The van der Waals surface area contributed by atoms with Gasteiger partial charge >= 0.3 is 0 Å². The van der Waals surface area contributed by atoms with Gasteiger partial charge < -0.3 is 33.5 Å². The third-order valence-electron chi connectivity index (χ3n) is 8.42. The Morgan fingerprint density at radius 2 is 1.41 bits per heavy atom. The fourth-order valence-corrected chi connectivity index (χ4v) is 7.49. The fourth-order valence-electron chi connectivity index (χ4n) is 6.08. The molecule has 2 unspecified atom stereocenters. The van der Waals surface area contributed by atoms with E-state index in [-0.39, 0.29) is 11.8 Å². The maximum Gasteiger partial charge on any atom is 0.256 e. The highest BCUT2D eigenvalue weighted by atomic mass is 32.2. The van der Waals surface area contributed by atoms with Crippen molar-refractivity contribution in [3.8, 4) is 28.7 Å². The summed E-state index contributed by atoms with van der Waals surface area (Å²) in [5.41, 5.74) is 2.50. The minimum Gasteiger partial charge on any atom is -0.493 e. The molecule has 2 heterocycles. The molecule has 0 radical (unpaired) electrons. The van der Waals surface area contributed by atoms with Crippen LogP contribution in [0.15, 0.2) is 60.7 Å². The van der Waals surface area contributed by atoms with Crippen LogP contribution in [-0.2, 0) is 11.2 Å². The number of methoxy groups -OCH3 is 5. The van der Waals surface area contributed by atoms with Gasteiger partial charge in [-0.2, -0.15) is 0 Å². The van der Waals surface area contributed by atoms with E-state index in [2.05, 4.69) is 24.3 Å². The first-order valence-corrected chi connectivity index (χ1v) is 15.8. The molecule has 0 aromatic heterocycles. The number of rotatable bonds is 10. The molecule has 5 rings (SSSR count). The Kier molecular flexibility index (Phi) is 10.1. The van der Waals surface area contributed by atoms with E-state index >= 15 is 0 Å². The molecule has 2 amide bonds. The van der Waals surface area contributed by atoms with E-state index in [1.807, 2.05) is 29.2 Å². The predicted octanol–water partition coefficient (Wildman–Crippen LogP) is 5.47. The molecular formula is C34H40N2O7S. The minimum atomic E-state index is -0.643. The lowest BCUT2D eigenvalue weighted by Gasteiger charge is -2.36. The molecule has 234 valence electrons. The summed E-state index contributed by atoms with van der Waals surface area (Å²) in [6.07, 6.45) is 2.87. The number of likely N-dealkylation sites (tertiary alicyclic amines) is 1. The Bertz CT molecular complexity index is 1430. The van der Waals surface area contributed by atoms with E-state index in [0.29, 0.717) is 59.1 Å². The molecule has 3 aromatic rings. The smallest absolute Gasteiger partial charge is 0.256 e. The summed E-state index contributed by atoms with van der Waals surface area (Å²) in [5.74, 6) is 2.94. The molecular weight excluding hydrogens is 580 g/mol. The lowest BCUT2D eigenvalue weighted by Crippen LogP contribution is -2.51.